The number of carbonyl (C=O) groups excluding carboxylic acids is 2. The Morgan fingerprint density at radius 2 is 1.82 bits per heavy atom. The van der Waals surface area contributed by atoms with Crippen LogP contribution in [0.3, 0.4) is 0 Å². The minimum atomic E-state index is -0.378. The highest BCUT2D eigenvalue weighted by molar-refractivity contribution is 6.33. The monoisotopic (exact) mass is 576 g/mol. The van der Waals surface area contributed by atoms with E-state index < -0.39 is 0 Å². The van der Waals surface area contributed by atoms with Gasteiger partial charge in [-0.3, -0.25) is 19.5 Å². The highest BCUT2D eigenvalue weighted by Crippen LogP contribution is 2.27. The van der Waals surface area contributed by atoms with Crippen LogP contribution in [0.2, 0.25) is 10.0 Å². The van der Waals surface area contributed by atoms with Gasteiger partial charge in [-0.25, -0.2) is 4.98 Å². The molecule has 2 amide bonds. The third kappa shape index (κ3) is 6.39. The summed E-state index contributed by atoms with van der Waals surface area (Å²) < 4.78 is 7.62. The van der Waals surface area contributed by atoms with Gasteiger partial charge in [-0.15, -0.1) is 0 Å². The number of hydrogen-bond acceptors (Lipinski definition) is 4. The molecule has 1 saturated heterocycles. The zero-order valence-electron chi connectivity index (χ0n) is 22.4. The molecule has 5 rings (SSSR count). The van der Waals surface area contributed by atoms with E-state index in [-0.39, 0.29) is 24.5 Å². The molecule has 0 radical (unpaired) electrons. The van der Waals surface area contributed by atoms with Gasteiger partial charge < -0.3 is 9.64 Å². The van der Waals surface area contributed by atoms with Crippen molar-refractivity contribution in [2.75, 3.05) is 25.0 Å². The maximum absolute atomic E-state index is 13.5. The molecule has 1 aromatic heterocycles. The van der Waals surface area contributed by atoms with E-state index in [2.05, 4.69) is 5.32 Å². The third-order valence-electron chi connectivity index (χ3n) is 7.04. The Morgan fingerprint density at radius 3 is 2.52 bits per heavy atom. The SMILES string of the molecule is Cc1ccc(-n2cc(-c3ccc(Cl)cc3)nc2NC(=O)CN(C[C@H]2CCCO2)C(=O)c2ccccc2Cl)cc1C. The molecule has 206 valence electrons. The van der Waals surface area contributed by atoms with Gasteiger partial charge in [0.25, 0.3) is 5.91 Å². The zero-order valence-corrected chi connectivity index (χ0v) is 23.9. The van der Waals surface area contributed by atoms with Gasteiger partial charge in [-0.1, -0.05) is 53.5 Å². The molecule has 0 aliphatic carbocycles. The van der Waals surface area contributed by atoms with E-state index >= 15 is 0 Å². The molecular weight excluding hydrogens is 547 g/mol. The topological polar surface area (TPSA) is 76.5 Å². The lowest BCUT2D eigenvalue weighted by Gasteiger charge is -2.25. The van der Waals surface area contributed by atoms with Crippen molar-refractivity contribution in [3.8, 4) is 16.9 Å². The molecule has 1 aliphatic rings. The molecule has 0 bridgehead atoms. The molecule has 0 unspecified atom stereocenters. The van der Waals surface area contributed by atoms with E-state index in [0.717, 1.165) is 35.2 Å². The van der Waals surface area contributed by atoms with Crippen molar-refractivity contribution in [2.24, 2.45) is 0 Å². The summed E-state index contributed by atoms with van der Waals surface area (Å²) in [5, 5.41) is 3.90. The van der Waals surface area contributed by atoms with Crippen LogP contribution < -0.4 is 5.32 Å². The lowest BCUT2D eigenvalue weighted by Crippen LogP contribution is -2.42. The van der Waals surface area contributed by atoms with Crippen LogP contribution in [0.5, 0.6) is 0 Å². The van der Waals surface area contributed by atoms with Gasteiger partial charge in [0.05, 0.1) is 22.4 Å². The number of hydrogen-bond donors (Lipinski definition) is 1. The maximum atomic E-state index is 13.5. The lowest BCUT2D eigenvalue weighted by molar-refractivity contribution is -0.117. The molecule has 1 atom stereocenters. The fraction of sp³-hybridized carbons (Fsp3) is 0.258. The molecule has 0 spiro atoms. The summed E-state index contributed by atoms with van der Waals surface area (Å²) in [6, 6.07) is 20.3. The molecule has 1 fully saturated rings. The molecule has 4 aromatic rings. The van der Waals surface area contributed by atoms with Crippen molar-refractivity contribution in [3.63, 3.8) is 0 Å². The van der Waals surface area contributed by atoms with Crippen molar-refractivity contribution in [2.45, 2.75) is 32.8 Å². The Bertz CT molecular complexity index is 1530. The molecule has 40 heavy (non-hydrogen) atoms. The molecule has 9 heteroatoms. The Labute approximate surface area is 243 Å². The number of rotatable bonds is 8. The number of imidazole rings is 1. The second kappa shape index (κ2) is 12.3. The van der Waals surface area contributed by atoms with E-state index in [1.165, 1.54) is 4.90 Å². The number of amides is 2. The highest BCUT2D eigenvalue weighted by Gasteiger charge is 2.27. The quantitative estimate of drug-likeness (QED) is 0.252. The predicted molar refractivity (Wildman–Crippen MR) is 158 cm³/mol. The van der Waals surface area contributed by atoms with Gasteiger partial charge in [0, 0.05) is 35.6 Å². The summed E-state index contributed by atoms with van der Waals surface area (Å²) in [6.45, 7) is 4.84. The summed E-state index contributed by atoms with van der Waals surface area (Å²) >= 11 is 12.4. The Morgan fingerprint density at radius 1 is 1.05 bits per heavy atom. The van der Waals surface area contributed by atoms with Crippen LogP contribution in [0.15, 0.2) is 72.9 Å². The first-order valence-electron chi connectivity index (χ1n) is 13.2. The van der Waals surface area contributed by atoms with Crippen LogP contribution in [0.25, 0.3) is 16.9 Å². The summed E-state index contributed by atoms with van der Waals surface area (Å²) in [6.07, 6.45) is 3.50. The van der Waals surface area contributed by atoms with Gasteiger partial charge in [0.1, 0.15) is 6.54 Å². The van der Waals surface area contributed by atoms with Crippen LogP contribution in [0.1, 0.15) is 34.3 Å². The summed E-state index contributed by atoms with van der Waals surface area (Å²) in [5.41, 5.74) is 5.01. The smallest absolute Gasteiger partial charge is 0.255 e. The Balaban J connectivity index is 1.44. The fourth-order valence-corrected chi connectivity index (χ4v) is 5.04. The van der Waals surface area contributed by atoms with E-state index in [1.807, 2.05) is 54.9 Å². The summed E-state index contributed by atoms with van der Waals surface area (Å²) in [4.78, 5) is 33.2. The predicted octanol–water partition coefficient (Wildman–Crippen LogP) is 6.72. The number of halogens is 2. The van der Waals surface area contributed by atoms with Gasteiger partial charge >= 0.3 is 0 Å². The van der Waals surface area contributed by atoms with Crippen molar-refractivity contribution >= 4 is 41.0 Å². The van der Waals surface area contributed by atoms with Crippen LogP contribution in [0.4, 0.5) is 5.95 Å². The Hall–Kier alpha value is -3.65. The normalized spacial score (nSPS) is 14.8. The number of aromatic nitrogens is 2. The van der Waals surface area contributed by atoms with Crippen molar-refractivity contribution in [3.05, 3.63) is 99.7 Å². The first-order chi connectivity index (χ1) is 19.3. The molecule has 2 heterocycles. The first kappa shape index (κ1) is 27.9. The average Bonchev–Trinajstić information content (AvgIpc) is 3.60. The molecule has 1 aliphatic heterocycles. The second-order valence-electron chi connectivity index (χ2n) is 9.94. The molecule has 3 aromatic carbocycles. The van der Waals surface area contributed by atoms with Gasteiger partial charge in [0.15, 0.2) is 0 Å². The van der Waals surface area contributed by atoms with Crippen molar-refractivity contribution < 1.29 is 14.3 Å². The molecule has 7 nitrogen and oxygen atoms in total. The summed E-state index contributed by atoms with van der Waals surface area (Å²) in [7, 11) is 0. The zero-order chi connectivity index (χ0) is 28.2. The standard InChI is InChI=1S/C31H30Cl2N4O3/c1-20-9-14-24(16-21(20)2)37-18-28(22-10-12-23(32)13-11-22)34-31(37)35-29(38)19-36(17-25-6-5-15-40-25)30(39)26-7-3-4-8-27(26)33/h3-4,7-14,16,18,25H,5-6,15,17,19H2,1-2H3,(H,34,35,38)/t25-/m1/s1. The van der Waals surface area contributed by atoms with Gasteiger partial charge in [0.2, 0.25) is 11.9 Å². The largest absolute Gasteiger partial charge is 0.376 e. The number of aryl methyl sites for hydroxylation is 2. The number of benzene rings is 3. The highest BCUT2D eigenvalue weighted by atomic mass is 35.5. The van der Waals surface area contributed by atoms with Crippen LogP contribution in [0, 0.1) is 13.8 Å². The first-order valence-corrected chi connectivity index (χ1v) is 13.9. The number of ether oxygens (including phenoxy) is 1. The molecular formula is C31H30Cl2N4O3. The van der Waals surface area contributed by atoms with E-state index in [0.29, 0.717) is 40.4 Å². The third-order valence-corrected chi connectivity index (χ3v) is 7.62. The van der Waals surface area contributed by atoms with Crippen LogP contribution in [-0.4, -0.2) is 52.1 Å². The van der Waals surface area contributed by atoms with E-state index in [1.54, 1.807) is 36.4 Å². The van der Waals surface area contributed by atoms with Crippen LogP contribution in [-0.2, 0) is 9.53 Å². The Kier molecular flexibility index (Phi) is 8.54. The second-order valence-corrected chi connectivity index (χ2v) is 10.8. The van der Waals surface area contributed by atoms with Crippen molar-refractivity contribution in [1.29, 1.82) is 0 Å². The van der Waals surface area contributed by atoms with E-state index in [4.69, 9.17) is 32.9 Å². The number of nitrogens with one attached hydrogen (secondary N) is 1. The van der Waals surface area contributed by atoms with Gasteiger partial charge in [-0.2, -0.15) is 0 Å². The summed E-state index contributed by atoms with van der Waals surface area (Å²) in [5.74, 6) is -0.354. The minimum absolute atomic E-state index is 0.131. The van der Waals surface area contributed by atoms with Gasteiger partial charge in [-0.05, 0) is 74.2 Å². The van der Waals surface area contributed by atoms with Crippen molar-refractivity contribution in [1.82, 2.24) is 14.5 Å². The molecule has 0 saturated carbocycles. The number of anilines is 1. The lowest BCUT2D eigenvalue weighted by atomic mass is 10.1. The minimum Gasteiger partial charge on any atom is -0.376 e. The van der Waals surface area contributed by atoms with Crippen LogP contribution >= 0.6 is 23.2 Å². The fourth-order valence-electron chi connectivity index (χ4n) is 4.70. The number of nitrogens with zero attached hydrogens (tertiary/aromatic N) is 3. The maximum Gasteiger partial charge on any atom is 0.255 e. The van der Waals surface area contributed by atoms with E-state index in [9.17, 15) is 9.59 Å². The molecule has 1 N–H and O–H groups in total. The number of carbonyl (C=O) groups is 2. The average molecular weight is 578 g/mol.